The number of rotatable bonds is 4. The van der Waals surface area contributed by atoms with Gasteiger partial charge >= 0.3 is 0 Å². The van der Waals surface area contributed by atoms with Crippen LogP contribution in [0, 0.1) is 0 Å². The molecule has 1 unspecified atom stereocenters. The Morgan fingerprint density at radius 2 is 2.39 bits per heavy atom. The second-order valence-electron chi connectivity index (χ2n) is 4.22. The number of hydrogen-bond acceptors (Lipinski definition) is 5. The van der Waals surface area contributed by atoms with Gasteiger partial charge < -0.3 is 10.4 Å². The van der Waals surface area contributed by atoms with E-state index in [-0.39, 0.29) is 17.5 Å². The standard InChI is InChI=1S/C11H17N3O3S/c1-12-10-4-5-13-7-11(10)18(16,17)14-6-2-3-9(14)8-15/h4-5,7,9,15H,2-3,6,8H2,1H3,(H,12,13). The van der Waals surface area contributed by atoms with Gasteiger partial charge in [-0.05, 0) is 18.9 Å². The maximum Gasteiger partial charge on any atom is 0.246 e. The lowest BCUT2D eigenvalue weighted by Gasteiger charge is -2.23. The number of anilines is 1. The summed E-state index contributed by atoms with van der Waals surface area (Å²) in [7, 11) is -1.93. The normalized spacial score (nSPS) is 21.1. The molecular weight excluding hydrogens is 254 g/mol. The van der Waals surface area contributed by atoms with Crippen molar-refractivity contribution in [2.24, 2.45) is 0 Å². The van der Waals surface area contributed by atoms with Crippen LogP contribution in [0.3, 0.4) is 0 Å². The van der Waals surface area contributed by atoms with Crippen molar-refractivity contribution < 1.29 is 13.5 Å². The van der Waals surface area contributed by atoms with E-state index >= 15 is 0 Å². The van der Waals surface area contributed by atoms with Crippen molar-refractivity contribution in [3.05, 3.63) is 18.5 Å². The van der Waals surface area contributed by atoms with Crippen molar-refractivity contribution in [3.63, 3.8) is 0 Å². The highest BCUT2D eigenvalue weighted by molar-refractivity contribution is 7.89. The van der Waals surface area contributed by atoms with Gasteiger partial charge in [-0.2, -0.15) is 4.31 Å². The molecule has 1 aliphatic heterocycles. The Balaban J connectivity index is 2.42. The van der Waals surface area contributed by atoms with Crippen LogP contribution in [0.15, 0.2) is 23.4 Å². The highest BCUT2D eigenvalue weighted by atomic mass is 32.2. The van der Waals surface area contributed by atoms with Crippen molar-refractivity contribution in [1.82, 2.24) is 9.29 Å². The second-order valence-corrected chi connectivity index (χ2v) is 6.08. The van der Waals surface area contributed by atoms with Crippen molar-refractivity contribution in [3.8, 4) is 0 Å². The van der Waals surface area contributed by atoms with Crippen LogP contribution in [0.2, 0.25) is 0 Å². The summed E-state index contributed by atoms with van der Waals surface area (Å²) in [5.41, 5.74) is 0.522. The molecule has 0 aliphatic carbocycles. The van der Waals surface area contributed by atoms with Crippen LogP contribution < -0.4 is 5.32 Å². The largest absolute Gasteiger partial charge is 0.395 e. The Labute approximate surface area is 107 Å². The molecule has 1 aromatic heterocycles. The van der Waals surface area contributed by atoms with Gasteiger partial charge in [-0.25, -0.2) is 8.42 Å². The SMILES string of the molecule is CNc1ccncc1S(=O)(=O)N1CCCC1CO. The molecule has 0 aromatic carbocycles. The zero-order valence-electron chi connectivity index (χ0n) is 10.2. The third-order valence-electron chi connectivity index (χ3n) is 3.17. The lowest BCUT2D eigenvalue weighted by Crippen LogP contribution is -2.37. The molecule has 1 fully saturated rings. The third-order valence-corrected chi connectivity index (χ3v) is 5.15. The topological polar surface area (TPSA) is 82.5 Å². The zero-order valence-corrected chi connectivity index (χ0v) is 11.0. The molecule has 6 nitrogen and oxygen atoms in total. The van der Waals surface area contributed by atoms with E-state index < -0.39 is 10.0 Å². The minimum atomic E-state index is -3.59. The van der Waals surface area contributed by atoms with Gasteiger partial charge in [0.1, 0.15) is 4.90 Å². The first-order valence-corrected chi connectivity index (χ1v) is 7.29. The fourth-order valence-corrected chi connectivity index (χ4v) is 4.06. The lowest BCUT2D eigenvalue weighted by atomic mass is 10.2. The van der Waals surface area contributed by atoms with E-state index in [1.54, 1.807) is 19.3 Å². The molecule has 2 heterocycles. The Bertz CT molecular complexity index is 518. The van der Waals surface area contributed by atoms with E-state index in [0.29, 0.717) is 18.7 Å². The monoisotopic (exact) mass is 271 g/mol. The van der Waals surface area contributed by atoms with Crippen LogP contribution in [0.5, 0.6) is 0 Å². The third kappa shape index (κ3) is 2.21. The molecule has 100 valence electrons. The smallest absolute Gasteiger partial charge is 0.246 e. The number of aliphatic hydroxyl groups is 1. The molecule has 1 aromatic rings. The predicted molar refractivity (Wildman–Crippen MR) is 67.8 cm³/mol. The van der Waals surface area contributed by atoms with E-state index in [4.69, 9.17) is 0 Å². The molecule has 18 heavy (non-hydrogen) atoms. The Kier molecular flexibility index (Phi) is 3.84. The lowest BCUT2D eigenvalue weighted by molar-refractivity contribution is 0.213. The van der Waals surface area contributed by atoms with Gasteiger partial charge in [0, 0.05) is 32.0 Å². The minimum Gasteiger partial charge on any atom is -0.395 e. The first-order valence-electron chi connectivity index (χ1n) is 5.85. The van der Waals surface area contributed by atoms with Crippen LogP contribution in [0.4, 0.5) is 5.69 Å². The summed E-state index contributed by atoms with van der Waals surface area (Å²) in [6.07, 6.45) is 4.36. The molecule has 7 heteroatoms. The first kappa shape index (κ1) is 13.3. The molecule has 2 rings (SSSR count). The molecule has 1 aliphatic rings. The Morgan fingerprint density at radius 3 is 3.06 bits per heavy atom. The summed E-state index contributed by atoms with van der Waals surface area (Å²) < 4.78 is 26.4. The average Bonchev–Trinajstić information content (AvgIpc) is 2.87. The average molecular weight is 271 g/mol. The molecule has 0 bridgehead atoms. The van der Waals surface area contributed by atoms with Crippen molar-refractivity contribution in [1.29, 1.82) is 0 Å². The summed E-state index contributed by atoms with van der Waals surface area (Å²) >= 11 is 0. The highest BCUT2D eigenvalue weighted by Crippen LogP contribution is 2.29. The second kappa shape index (κ2) is 5.21. The van der Waals surface area contributed by atoms with E-state index in [0.717, 1.165) is 6.42 Å². The van der Waals surface area contributed by atoms with Crippen LogP contribution in [0.25, 0.3) is 0 Å². The number of pyridine rings is 1. The first-order chi connectivity index (χ1) is 8.61. The molecule has 0 amide bonds. The zero-order chi connectivity index (χ0) is 13.2. The summed E-state index contributed by atoms with van der Waals surface area (Å²) in [4.78, 5) is 4.03. The fraction of sp³-hybridized carbons (Fsp3) is 0.545. The number of aliphatic hydroxyl groups excluding tert-OH is 1. The Hall–Kier alpha value is -1.18. The van der Waals surface area contributed by atoms with Gasteiger partial charge in [-0.15, -0.1) is 0 Å². The van der Waals surface area contributed by atoms with Gasteiger partial charge in [0.2, 0.25) is 10.0 Å². The summed E-state index contributed by atoms with van der Waals surface area (Å²) in [6.45, 7) is 0.306. The quantitative estimate of drug-likeness (QED) is 0.821. The summed E-state index contributed by atoms with van der Waals surface area (Å²) in [5.74, 6) is 0. The van der Waals surface area contributed by atoms with Crippen LogP contribution in [0.1, 0.15) is 12.8 Å². The summed E-state index contributed by atoms with van der Waals surface area (Å²) in [5, 5.41) is 12.1. The number of aromatic nitrogens is 1. The molecule has 0 saturated carbocycles. The van der Waals surface area contributed by atoms with Gasteiger partial charge in [-0.3, -0.25) is 4.98 Å². The van der Waals surface area contributed by atoms with E-state index in [1.165, 1.54) is 10.5 Å². The van der Waals surface area contributed by atoms with Gasteiger partial charge in [-0.1, -0.05) is 0 Å². The predicted octanol–water partition coefficient (Wildman–Crippen LogP) is 0.269. The Morgan fingerprint density at radius 1 is 1.61 bits per heavy atom. The van der Waals surface area contributed by atoms with Gasteiger partial charge in [0.05, 0.1) is 12.3 Å². The molecule has 1 atom stereocenters. The number of sulfonamides is 1. The van der Waals surface area contributed by atoms with E-state index in [9.17, 15) is 13.5 Å². The van der Waals surface area contributed by atoms with E-state index in [1.807, 2.05) is 0 Å². The number of hydrogen-bond donors (Lipinski definition) is 2. The molecule has 1 saturated heterocycles. The molecule has 0 spiro atoms. The molecule has 2 N–H and O–H groups in total. The van der Waals surface area contributed by atoms with Gasteiger partial charge in [0.15, 0.2) is 0 Å². The highest BCUT2D eigenvalue weighted by Gasteiger charge is 2.36. The van der Waals surface area contributed by atoms with Crippen molar-refractivity contribution in [2.45, 2.75) is 23.8 Å². The number of nitrogens with one attached hydrogen (secondary N) is 1. The maximum absolute atomic E-state index is 12.5. The molecule has 0 radical (unpaired) electrons. The van der Waals surface area contributed by atoms with Crippen LogP contribution >= 0.6 is 0 Å². The van der Waals surface area contributed by atoms with E-state index in [2.05, 4.69) is 10.3 Å². The molecular formula is C11H17N3O3S. The fourth-order valence-electron chi connectivity index (χ4n) is 2.23. The number of nitrogens with zero attached hydrogens (tertiary/aromatic N) is 2. The van der Waals surface area contributed by atoms with Gasteiger partial charge in [0.25, 0.3) is 0 Å². The van der Waals surface area contributed by atoms with Crippen LogP contribution in [-0.2, 0) is 10.0 Å². The van der Waals surface area contributed by atoms with Crippen molar-refractivity contribution >= 4 is 15.7 Å². The minimum absolute atomic E-state index is 0.144. The van der Waals surface area contributed by atoms with Crippen LogP contribution in [-0.4, -0.2) is 49.1 Å². The maximum atomic E-state index is 12.5. The van der Waals surface area contributed by atoms with Crippen molar-refractivity contribution in [2.75, 3.05) is 25.5 Å². The summed E-state index contributed by atoms with van der Waals surface area (Å²) in [6, 6.07) is 1.30.